The molecule has 0 radical (unpaired) electrons. The lowest BCUT2D eigenvalue weighted by atomic mass is 10.3. The van der Waals surface area contributed by atoms with E-state index in [1.165, 1.54) is 0 Å². The second-order valence-electron chi connectivity index (χ2n) is 5.79. The lowest BCUT2D eigenvalue weighted by Crippen LogP contribution is -2.59. The SMILES string of the molecule is C=CC(=C)CN([Si](C)(C)C)[Si](C)(C)C. The maximum Gasteiger partial charge on any atom is 0.112 e. The van der Waals surface area contributed by atoms with Crippen molar-refractivity contribution >= 4 is 16.5 Å². The van der Waals surface area contributed by atoms with Crippen molar-refractivity contribution in [2.24, 2.45) is 0 Å². The quantitative estimate of drug-likeness (QED) is 0.511. The van der Waals surface area contributed by atoms with E-state index in [0.29, 0.717) is 0 Å². The Bertz CT molecular complexity index is 206. The van der Waals surface area contributed by atoms with Gasteiger partial charge in [-0.3, -0.25) is 0 Å². The van der Waals surface area contributed by atoms with Crippen molar-refractivity contribution in [2.75, 3.05) is 6.54 Å². The van der Waals surface area contributed by atoms with Crippen LogP contribution in [-0.2, 0) is 0 Å². The zero-order valence-electron chi connectivity index (χ0n) is 10.6. The lowest BCUT2D eigenvalue weighted by molar-refractivity contribution is 0.675. The summed E-state index contributed by atoms with van der Waals surface area (Å²) in [5.74, 6) is 0. The molecule has 0 atom stereocenters. The van der Waals surface area contributed by atoms with Crippen LogP contribution >= 0.6 is 0 Å². The molecule has 0 rings (SSSR count). The molecular formula is C11H25NSi2. The predicted octanol–water partition coefficient (Wildman–Crippen LogP) is 3.70. The zero-order chi connectivity index (χ0) is 11.6. The fraction of sp³-hybridized carbons (Fsp3) is 0.636. The molecule has 3 heteroatoms. The first kappa shape index (κ1) is 13.9. The molecule has 0 aromatic rings. The van der Waals surface area contributed by atoms with Crippen molar-refractivity contribution < 1.29 is 0 Å². The molecule has 0 bridgehead atoms. The van der Waals surface area contributed by atoms with E-state index in [0.717, 1.165) is 12.1 Å². The first-order valence-corrected chi connectivity index (χ1v) is 12.1. The van der Waals surface area contributed by atoms with E-state index in [1.807, 2.05) is 6.08 Å². The van der Waals surface area contributed by atoms with E-state index in [2.05, 4.69) is 56.7 Å². The Kier molecular flexibility index (Phi) is 4.55. The van der Waals surface area contributed by atoms with Crippen molar-refractivity contribution in [3.8, 4) is 0 Å². The van der Waals surface area contributed by atoms with E-state index < -0.39 is 16.5 Å². The van der Waals surface area contributed by atoms with Crippen molar-refractivity contribution in [1.29, 1.82) is 0 Å². The average molecular weight is 227 g/mol. The van der Waals surface area contributed by atoms with E-state index >= 15 is 0 Å². The lowest BCUT2D eigenvalue weighted by Gasteiger charge is -2.43. The number of rotatable bonds is 5. The predicted molar refractivity (Wildman–Crippen MR) is 72.7 cm³/mol. The van der Waals surface area contributed by atoms with Gasteiger partial charge in [-0.25, -0.2) is 0 Å². The number of hydrogen-bond acceptors (Lipinski definition) is 1. The van der Waals surface area contributed by atoms with Gasteiger partial charge >= 0.3 is 0 Å². The highest BCUT2D eigenvalue weighted by Crippen LogP contribution is 2.20. The molecule has 0 aliphatic carbocycles. The van der Waals surface area contributed by atoms with Gasteiger partial charge in [-0.05, 0) is 5.57 Å². The monoisotopic (exact) mass is 227 g/mol. The topological polar surface area (TPSA) is 3.24 Å². The van der Waals surface area contributed by atoms with Gasteiger partial charge in [0.15, 0.2) is 0 Å². The third kappa shape index (κ3) is 4.39. The maximum atomic E-state index is 4.02. The number of hydrogen-bond donors (Lipinski definition) is 0. The van der Waals surface area contributed by atoms with Gasteiger partial charge in [-0.2, -0.15) is 0 Å². The summed E-state index contributed by atoms with van der Waals surface area (Å²) in [7, 11) is -2.43. The highest BCUT2D eigenvalue weighted by atomic mass is 28.4. The van der Waals surface area contributed by atoms with E-state index in [-0.39, 0.29) is 0 Å². The molecule has 14 heavy (non-hydrogen) atoms. The molecule has 0 saturated heterocycles. The summed E-state index contributed by atoms with van der Waals surface area (Å²) in [6, 6.07) is 0. The van der Waals surface area contributed by atoms with Crippen molar-refractivity contribution in [3.63, 3.8) is 0 Å². The summed E-state index contributed by atoms with van der Waals surface area (Å²) in [5, 5.41) is 0. The first-order valence-electron chi connectivity index (χ1n) is 5.17. The number of nitrogens with zero attached hydrogens (tertiary/aromatic N) is 1. The molecule has 0 aliphatic heterocycles. The smallest absolute Gasteiger partial charge is 0.112 e. The van der Waals surface area contributed by atoms with Gasteiger partial charge in [-0.15, -0.1) is 0 Å². The summed E-state index contributed by atoms with van der Waals surface area (Å²) >= 11 is 0. The molecular weight excluding hydrogens is 202 g/mol. The normalized spacial score (nSPS) is 13.1. The molecule has 0 heterocycles. The first-order chi connectivity index (χ1) is 6.09. The van der Waals surface area contributed by atoms with Crippen LogP contribution in [0.1, 0.15) is 0 Å². The summed E-state index contributed by atoms with van der Waals surface area (Å²) < 4.78 is 2.71. The van der Waals surface area contributed by atoms with Crippen molar-refractivity contribution in [3.05, 3.63) is 24.8 Å². The molecule has 1 nitrogen and oxygen atoms in total. The van der Waals surface area contributed by atoms with Crippen LogP contribution in [0.3, 0.4) is 0 Å². The van der Waals surface area contributed by atoms with Gasteiger partial charge in [-0.1, -0.05) is 58.5 Å². The minimum atomic E-state index is -1.21. The third-order valence-corrected chi connectivity index (χ3v) is 9.85. The Morgan fingerprint density at radius 3 is 1.64 bits per heavy atom. The van der Waals surface area contributed by atoms with Crippen LogP contribution in [0.5, 0.6) is 0 Å². The molecule has 0 aromatic carbocycles. The van der Waals surface area contributed by atoms with Gasteiger partial charge in [0.05, 0.1) is 0 Å². The highest BCUT2D eigenvalue weighted by Gasteiger charge is 2.33. The molecule has 0 spiro atoms. The highest BCUT2D eigenvalue weighted by molar-refractivity contribution is 6.89. The minimum absolute atomic E-state index is 1.01. The largest absolute Gasteiger partial charge is 0.342 e. The molecule has 0 aliphatic rings. The summed E-state index contributed by atoms with van der Waals surface area (Å²) in [6.07, 6.45) is 1.88. The van der Waals surface area contributed by atoms with E-state index in [9.17, 15) is 0 Å². The second-order valence-corrected chi connectivity index (χ2v) is 16.0. The van der Waals surface area contributed by atoms with Crippen LogP contribution in [0.4, 0.5) is 0 Å². The van der Waals surface area contributed by atoms with Gasteiger partial charge in [0.1, 0.15) is 16.5 Å². The minimum Gasteiger partial charge on any atom is -0.342 e. The van der Waals surface area contributed by atoms with E-state index in [1.54, 1.807) is 0 Å². The Balaban J connectivity index is 4.76. The average Bonchev–Trinajstić information content (AvgIpc) is 1.95. The Morgan fingerprint density at radius 2 is 1.43 bits per heavy atom. The maximum absolute atomic E-state index is 4.02. The molecule has 82 valence electrons. The fourth-order valence-electron chi connectivity index (χ4n) is 1.75. The van der Waals surface area contributed by atoms with Crippen LogP contribution in [0.15, 0.2) is 24.8 Å². The fourth-order valence-corrected chi connectivity index (χ4v) is 11.2. The summed E-state index contributed by atoms with van der Waals surface area (Å²) in [6.45, 7) is 23.2. The molecule has 0 fully saturated rings. The van der Waals surface area contributed by atoms with E-state index in [4.69, 9.17) is 0 Å². The van der Waals surface area contributed by atoms with Crippen LogP contribution in [0.2, 0.25) is 39.3 Å². The molecule has 0 aromatic heterocycles. The molecule has 0 N–H and O–H groups in total. The Labute approximate surface area is 91.7 Å². The van der Waals surface area contributed by atoms with Crippen LogP contribution in [0, 0.1) is 0 Å². The molecule has 0 unspecified atom stereocenters. The summed E-state index contributed by atoms with van der Waals surface area (Å²) in [4.78, 5) is 0. The zero-order valence-corrected chi connectivity index (χ0v) is 12.6. The Hall–Kier alpha value is -0.126. The second kappa shape index (κ2) is 4.60. The van der Waals surface area contributed by atoms with Gasteiger partial charge in [0.2, 0.25) is 0 Å². The van der Waals surface area contributed by atoms with Crippen molar-refractivity contribution in [1.82, 2.24) is 4.23 Å². The molecule has 0 saturated carbocycles. The standard InChI is InChI=1S/C11H25NSi2/c1-9-11(2)10-12(13(3,4)5)14(6,7)8/h9H,1-2,10H2,3-8H3. The van der Waals surface area contributed by atoms with Crippen LogP contribution < -0.4 is 0 Å². The van der Waals surface area contributed by atoms with Gasteiger partial charge in [0.25, 0.3) is 0 Å². The van der Waals surface area contributed by atoms with Crippen LogP contribution in [-0.4, -0.2) is 27.2 Å². The third-order valence-electron chi connectivity index (χ3n) is 2.27. The van der Waals surface area contributed by atoms with Gasteiger partial charge in [0, 0.05) is 6.54 Å². The molecule has 0 amide bonds. The Morgan fingerprint density at radius 1 is 1.07 bits per heavy atom. The summed E-state index contributed by atoms with van der Waals surface area (Å²) in [5.41, 5.74) is 1.15. The van der Waals surface area contributed by atoms with Crippen LogP contribution in [0.25, 0.3) is 0 Å². The van der Waals surface area contributed by atoms with Crippen molar-refractivity contribution in [2.45, 2.75) is 39.3 Å². The van der Waals surface area contributed by atoms with Gasteiger partial charge < -0.3 is 4.23 Å².